The van der Waals surface area contributed by atoms with Crippen molar-refractivity contribution in [2.45, 2.75) is 38.5 Å². The van der Waals surface area contributed by atoms with Crippen LogP contribution in [-0.2, 0) is 10.8 Å². The average Bonchev–Trinajstić information content (AvgIpc) is 3.67. The van der Waals surface area contributed by atoms with Crippen molar-refractivity contribution in [2.24, 2.45) is 0 Å². The maximum absolute atomic E-state index is 2.37. The van der Waals surface area contributed by atoms with Crippen molar-refractivity contribution >= 4 is 44.3 Å². The van der Waals surface area contributed by atoms with E-state index in [0.29, 0.717) is 0 Å². The van der Waals surface area contributed by atoms with Crippen molar-refractivity contribution in [3.05, 3.63) is 216 Å². The number of nitrogens with zero attached hydrogens (tertiary/aromatic N) is 2. The van der Waals surface area contributed by atoms with Gasteiger partial charge in [0.15, 0.2) is 0 Å². The Morgan fingerprint density at radius 3 is 1.20 bits per heavy atom. The summed E-state index contributed by atoms with van der Waals surface area (Å²) in [5.41, 5.74) is 18.5. The summed E-state index contributed by atoms with van der Waals surface area (Å²) in [4.78, 5) is 4.56. The first kappa shape index (κ1) is 37.4. The molecule has 11 rings (SSSR count). The molecule has 0 heterocycles. The van der Waals surface area contributed by atoms with Crippen molar-refractivity contribution in [1.82, 2.24) is 0 Å². The van der Waals surface area contributed by atoms with E-state index in [0.717, 1.165) is 0 Å². The van der Waals surface area contributed by atoms with E-state index in [1.165, 1.54) is 99.9 Å². The quantitative estimate of drug-likeness (QED) is 0.172. The molecule has 9 aromatic carbocycles. The van der Waals surface area contributed by atoms with Crippen LogP contribution in [0.4, 0.5) is 22.7 Å². The summed E-state index contributed by atoms with van der Waals surface area (Å²) in [7, 11) is 4.31. The van der Waals surface area contributed by atoms with Crippen LogP contribution < -0.4 is 9.80 Å². The van der Waals surface area contributed by atoms with Crippen LogP contribution in [0.25, 0.3) is 54.9 Å². The highest BCUT2D eigenvalue weighted by molar-refractivity contribution is 5.89. The van der Waals surface area contributed by atoms with Gasteiger partial charge in [-0.3, -0.25) is 0 Å². The van der Waals surface area contributed by atoms with E-state index in [1.807, 2.05) is 0 Å². The minimum absolute atomic E-state index is 0.0166. The molecule has 0 atom stereocenters. The lowest BCUT2D eigenvalue weighted by atomic mass is 9.82. The number of hydrogen-bond acceptors (Lipinski definition) is 2. The van der Waals surface area contributed by atoms with Gasteiger partial charge in [0.05, 0.1) is 0 Å². The van der Waals surface area contributed by atoms with Crippen LogP contribution in [0.15, 0.2) is 194 Å². The first-order valence-electron chi connectivity index (χ1n) is 21.1. The van der Waals surface area contributed by atoms with Crippen molar-refractivity contribution in [3.63, 3.8) is 0 Å². The molecule has 292 valence electrons. The lowest BCUT2D eigenvalue weighted by Crippen LogP contribution is -2.16. The topological polar surface area (TPSA) is 6.48 Å². The Kier molecular flexibility index (Phi) is 8.99. The smallest absolute Gasteiger partial charge is 0.0414 e. The molecule has 0 saturated heterocycles. The van der Waals surface area contributed by atoms with Gasteiger partial charge in [0.1, 0.15) is 0 Å². The fourth-order valence-electron chi connectivity index (χ4n) is 9.73. The Hall–Kier alpha value is -6.90. The van der Waals surface area contributed by atoms with Gasteiger partial charge >= 0.3 is 0 Å². The second kappa shape index (κ2) is 14.4. The highest BCUT2D eigenvalue weighted by Crippen LogP contribution is 2.51. The maximum Gasteiger partial charge on any atom is 0.0414 e. The van der Waals surface area contributed by atoms with Crippen molar-refractivity contribution in [2.75, 3.05) is 23.9 Å². The molecule has 2 nitrogen and oxygen atoms in total. The van der Waals surface area contributed by atoms with Crippen LogP contribution in [0.3, 0.4) is 0 Å². The average molecular weight is 775 g/mol. The second-order valence-corrected chi connectivity index (χ2v) is 17.6. The number of rotatable bonds is 5. The Bertz CT molecular complexity index is 3080. The minimum Gasteiger partial charge on any atom is -0.345 e. The predicted molar refractivity (Wildman–Crippen MR) is 257 cm³/mol. The van der Waals surface area contributed by atoms with Gasteiger partial charge in [-0.2, -0.15) is 0 Å². The number of benzene rings is 9. The Morgan fingerprint density at radius 1 is 0.283 bits per heavy atom. The molecule has 2 heteroatoms. The molecular weight excluding hydrogens is 725 g/mol. The largest absolute Gasteiger partial charge is 0.345 e. The zero-order valence-electron chi connectivity index (χ0n) is 35.4. The standard InChI is InChI=1S/C32H27N.C26H23N/c1-32(2)30-11-7-6-10-28(30)29-19-18-27(21-31(29)32)33(3)26-16-14-23(15-17-26)25-13-12-22-8-4-5-9-24(22)20-25;1-26(2)24-11-7-6-10-22(24)23-15-14-21(17-25(23)26)27(3)20-13-12-18-8-4-5-9-19(18)16-20/h4-21H,1-3H3;4-17H,1-3H3. The third kappa shape index (κ3) is 6.26. The normalized spacial score (nSPS) is 13.8. The molecule has 0 aliphatic heterocycles. The Morgan fingerprint density at radius 2 is 0.650 bits per heavy atom. The lowest BCUT2D eigenvalue weighted by Gasteiger charge is -2.25. The lowest BCUT2D eigenvalue weighted by molar-refractivity contribution is 0.660. The van der Waals surface area contributed by atoms with Crippen molar-refractivity contribution in [3.8, 4) is 33.4 Å². The summed E-state index contributed by atoms with van der Waals surface area (Å²) in [6, 6.07) is 70.7. The zero-order valence-corrected chi connectivity index (χ0v) is 35.4. The van der Waals surface area contributed by atoms with Gasteiger partial charge in [-0.15, -0.1) is 0 Å². The summed E-state index contributed by atoms with van der Waals surface area (Å²) in [6.07, 6.45) is 0. The molecule has 2 aliphatic carbocycles. The molecule has 0 saturated carbocycles. The van der Waals surface area contributed by atoms with Gasteiger partial charge in [0, 0.05) is 47.7 Å². The van der Waals surface area contributed by atoms with Crippen molar-refractivity contribution in [1.29, 1.82) is 0 Å². The van der Waals surface area contributed by atoms with E-state index >= 15 is 0 Å². The van der Waals surface area contributed by atoms with Crippen LogP contribution in [0, 0.1) is 0 Å². The third-order valence-electron chi connectivity index (χ3n) is 13.4. The molecule has 0 fully saturated rings. The second-order valence-electron chi connectivity index (χ2n) is 17.6. The van der Waals surface area contributed by atoms with Crippen molar-refractivity contribution < 1.29 is 0 Å². The highest BCUT2D eigenvalue weighted by Gasteiger charge is 2.36. The monoisotopic (exact) mass is 774 g/mol. The first-order chi connectivity index (χ1) is 29.1. The van der Waals surface area contributed by atoms with E-state index in [1.54, 1.807) is 0 Å². The van der Waals surface area contributed by atoms with Gasteiger partial charge in [0.25, 0.3) is 0 Å². The van der Waals surface area contributed by atoms with Crippen LogP contribution in [-0.4, -0.2) is 14.1 Å². The molecule has 0 N–H and O–H groups in total. The first-order valence-corrected chi connectivity index (χ1v) is 21.1. The molecule has 0 bridgehead atoms. The fourth-order valence-corrected chi connectivity index (χ4v) is 9.73. The molecular formula is C58H50N2. The summed E-state index contributed by atoms with van der Waals surface area (Å²) in [5, 5.41) is 5.10. The minimum atomic E-state index is 0.0166. The predicted octanol–water partition coefficient (Wildman–Crippen LogP) is 15.5. The van der Waals surface area contributed by atoms with Gasteiger partial charge in [-0.05, 0) is 132 Å². The SMILES string of the molecule is CN(c1ccc(-c2ccc3ccccc3c2)cc1)c1ccc2c(c1)C(C)(C)c1ccccc1-2.CN(c1ccc2c(c1)C(C)(C)c1ccccc1-2)c1ccc2ccccc2c1. The van der Waals surface area contributed by atoms with Crippen LogP contribution >= 0.6 is 0 Å². The van der Waals surface area contributed by atoms with E-state index in [2.05, 4.69) is 246 Å². The molecule has 0 radical (unpaired) electrons. The highest BCUT2D eigenvalue weighted by atomic mass is 15.1. The van der Waals surface area contributed by atoms with Crippen LogP contribution in [0.5, 0.6) is 0 Å². The molecule has 0 amide bonds. The molecule has 60 heavy (non-hydrogen) atoms. The molecule has 0 spiro atoms. The summed E-state index contributed by atoms with van der Waals surface area (Å²) in [5.74, 6) is 0. The number of hydrogen-bond donors (Lipinski definition) is 0. The molecule has 0 unspecified atom stereocenters. The molecule has 9 aromatic rings. The van der Waals surface area contributed by atoms with Crippen LogP contribution in [0.2, 0.25) is 0 Å². The molecule has 2 aliphatic rings. The zero-order chi connectivity index (χ0) is 41.2. The fraction of sp³-hybridized carbons (Fsp3) is 0.138. The van der Waals surface area contributed by atoms with Gasteiger partial charge in [-0.1, -0.05) is 167 Å². The van der Waals surface area contributed by atoms with E-state index in [-0.39, 0.29) is 10.8 Å². The third-order valence-corrected chi connectivity index (χ3v) is 13.4. The Balaban J connectivity index is 0.000000147. The maximum atomic E-state index is 2.37. The van der Waals surface area contributed by atoms with E-state index < -0.39 is 0 Å². The van der Waals surface area contributed by atoms with Gasteiger partial charge in [0.2, 0.25) is 0 Å². The Labute approximate surface area is 355 Å². The van der Waals surface area contributed by atoms with E-state index in [9.17, 15) is 0 Å². The summed E-state index contributed by atoms with van der Waals surface area (Å²) < 4.78 is 0. The van der Waals surface area contributed by atoms with Gasteiger partial charge in [-0.25, -0.2) is 0 Å². The number of fused-ring (bicyclic) bond motifs is 8. The number of anilines is 4. The van der Waals surface area contributed by atoms with E-state index in [4.69, 9.17) is 0 Å². The molecule has 0 aromatic heterocycles. The van der Waals surface area contributed by atoms with Gasteiger partial charge < -0.3 is 9.80 Å². The van der Waals surface area contributed by atoms with Crippen LogP contribution in [0.1, 0.15) is 49.9 Å². The summed E-state index contributed by atoms with van der Waals surface area (Å²) >= 11 is 0. The summed E-state index contributed by atoms with van der Waals surface area (Å²) in [6.45, 7) is 9.33.